The van der Waals surface area contributed by atoms with E-state index in [1.54, 1.807) is 0 Å². The van der Waals surface area contributed by atoms with Crippen LogP contribution in [-0.4, -0.2) is 35.6 Å². The predicted molar refractivity (Wildman–Crippen MR) is 36.7 cm³/mol. The standard InChI is InChI=1S/C7H14O3/c8-5-6(9)7-3-1-2-4-10-7/h6-9H,1-5H2/t6-,7+/m1/s1. The summed E-state index contributed by atoms with van der Waals surface area (Å²) in [5, 5.41) is 17.7. The van der Waals surface area contributed by atoms with Gasteiger partial charge in [0, 0.05) is 6.61 Å². The van der Waals surface area contributed by atoms with Crippen LogP contribution in [0.5, 0.6) is 0 Å². The van der Waals surface area contributed by atoms with Crippen molar-refractivity contribution in [1.82, 2.24) is 0 Å². The molecule has 1 heterocycles. The van der Waals surface area contributed by atoms with Crippen molar-refractivity contribution in [1.29, 1.82) is 0 Å². The summed E-state index contributed by atoms with van der Waals surface area (Å²) in [7, 11) is 0. The number of ether oxygens (including phenoxy) is 1. The lowest BCUT2D eigenvalue weighted by molar-refractivity contribution is -0.0783. The number of aliphatic hydroxyl groups excluding tert-OH is 2. The Morgan fingerprint density at radius 1 is 1.50 bits per heavy atom. The summed E-state index contributed by atoms with van der Waals surface area (Å²) < 4.78 is 5.22. The summed E-state index contributed by atoms with van der Waals surface area (Å²) in [6.45, 7) is 0.534. The fourth-order valence-corrected chi connectivity index (χ4v) is 1.19. The van der Waals surface area contributed by atoms with Crippen molar-refractivity contribution in [2.45, 2.75) is 31.5 Å². The van der Waals surface area contributed by atoms with Crippen molar-refractivity contribution < 1.29 is 14.9 Å². The molecule has 1 rings (SSSR count). The summed E-state index contributed by atoms with van der Waals surface area (Å²) in [4.78, 5) is 0. The van der Waals surface area contributed by atoms with Gasteiger partial charge in [-0.15, -0.1) is 0 Å². The largest absolute Gasteiger partial charge is 0.394 e. The van der Waals surface area contributed by atoms with Crippen molar-refractivity contribution in [2.75, 3.05) is 13.2 Å². The van der Waals surface area contributed by atoms with E-state index < -0.39 is 6.10 Å². The third kappa shape index (κ3) is 1.94. The first-order valence-electron chi connectivity index (χ1n) is 3.75. The zero-order chi connectivity index (χ0) is 7.40. The van der Waals surface area contributed by atoms with Crippen LogP contribution in [0.15, 0.2) is 0 Å². The van der Waals surface area contributed by atoms with Gasteiger partial charge in [-0.1, -0.05) is 0 Å². The van der Waals surface area contributed by atoms with Crippen LogP contribution in [0.2, 0.25) is 0 Å². The second-order valence-electron chi connectivity index (χ2n) is 2.65. The average Bonchev–Trinajstić information content (AvgIpc) is 2.05. The van der Waals surface area contributed by atoms with Gasteiger partial charge in [-0.2, -0.15) is 0 Å². The molecular weight excluding hydrogens is 132 g/mol. The smallest absolute Gasteiger partial charge is 0.103 e. The fourth-order valence-electron chi connectivity index (χ4n) is 1.19. The molecule has 0 radical (unpaired) electrons. The van der Waals surface area contributed by atoms with Crippen LogP contribution in [0.4, 0.5) is 0 Å². The van der Waals surface area contributed by atoms with Crippen LogP contribution in [-0.2, 0) is 4.74 Å². The van der Waals surface area contributed by atoms with E-state index in [1.807, 2.05) is 0 Å². The van der Waals surface area contributed by atoms with Gasteiger partial charge in [-0.3, -0.25) is 0 Å². The molecule has 3 nitrogen and oxygen atoms in total. The van der Waals surface area contributed by atoms with Gasteiger partial charge in [0.2, 0.25) is 0 Å². The van der Waals surface area contributed by atoms with Gasteiger partial charge in [0.25, 0.3) is 0 Å². The summed E-state index contributed by atoms with van der Waals surface area (Å²) in [6.07, 6.45) is 2.25. The molecule has 1 aliphatic rings. The molecule has 10 heavy (non-hydrogen) atoms. The Balaban J connectivity index is 2.24. The van der Waals surface area contributed by atoms with E-state index in [0.717, 1.165) is 25.9 Å². The highest BCUT2D eigenvalue weighted by Crippen LogP contribution is 2.15. The Labute approximate surface area is 60.6 Å². The highest BCUT2D eigenvalue weighted by atomic mass is 16.5. The van der Waals surface area contributed by atoms with Gasteiger partial charge in [-0.05, 0) is 19.3 Å². The molecule has 0 saturated carbocycles. The first-order valence-corrected chi connectivity index (χ1v) is 3.75. The molecule has 0 unspecified atom stereocenters. The van der Waals surface area contributed by atoms with E-state index in [1.165, 1.54) is 0 Å². The Morgan fingerprint density at radius 2 is 2.30 bits per heavy atom. The SMILES string of the molecule is OC[C@@H](O)[C@@H]1CCCCO1. The van der Waals surface area contributed by atoms with E-state index in [2.05, 4.69) is 0 Å². The molecule has 0 amide bonds. The molecule has 1 fully saturated rings. The van der Waals surface area contributed by atoms with Gasteiger partial charge in [0.1, 0.15) is 6.10 Å². The molecule has 2 atom stereocenters. The molecule has 0 bridgehead atoms. The summed E-state index contributed by atoms with van der Waals surface area (Å²) in [5.74, 6) is 0. The minimum absolute atomic E-state index is 0.126. The molecule has 0 aliphatic carbocycles. The number of aliphatic hydroxyl groups is 2. The zero-order valence-corrected chi connectivity index (χ0v) is 5.99. The summed E-state index contributed by atoms with van der Waals surface area (Å²) >= 11 is 0. The zero-order valence-electron chi connectivity index (χ0n) is 5.99. The van der Waals surface area contributed by atoms with Crippen LogP contribution in [0, 0.1) is 0 Å². The van der Waals surface area contributed by atoms with Crippen LogP contribution < -0.4 is 0 Å². The molecule has 0 aromatic rings. The van der Waals surface area contributed by atoms with E-state index in [0.29, 0.717) is 0 Å². The molecule has 60 valence electrons. The van der Waals surface area contributed by atoms with Gasteiger partial charge >= 0.3 is 0 Å². The van der Waals surface area contributed by atoms with E-state index in [9.17, 15) is 0 Å². The molecule has 3 heteroatoms. The van der Waals surface area contributed by atoms with E-state index >= 15 is 0 Å². The summed E-state index contributed by atoms with van der Waals surface area (Å²) in [6, 6.07) is 0. The van der Waals surface area contributed by atoms with Crippen molar-refractivity contribution in [3.63, 3.8) is 0 Å². The van der Waals surface area contributed by atoms with Gasteiger partial charge < -0.3 is 14.9 Å². The minimum Gasteiger partial charge on any atom is -0.394 e. The Morgan fingerprint density at radius 3 is 2.80 bits per heavy atom. The van der Waals surface area contributed by atoms with E-state index in [-0.39, 0.29) is 12.7 Å². The third-order valence-corrected chi connectivity index (χ3v) is 1.83. The van der Waals surface area contributed by atoms with Gasteiger partial charge in [0.15, 0.2) is 0 Å². The van der Waals surface area contributed by atoms with Crippen molar-refractivity contribution in [2.24, 2.45) is 0 Å². The van der Waals surface area contributed by atoms with Gasteiger partial charge in [-0.25, -0.2) is 0 Å². The monoisotopic (exact) mass is 146 g/mol. The lowest BCUT2D eigenvalue weighted by Crippen LogP contribution is -2.34. The Hall–Kier alpha value is -0.120. The van der Waals surface area contributed by atoms with Crippen LogP contribution in [0.3, 0.4) is 0 Å². The number of hydrogen-bond acceptors (Lipinski definition) is 3. The van der Waals surface area contributed by atoms with Crippen LogP contribution >= 0.6 is 0 Å². The Bertz CT molecular complexity index is 88.9. The van der Waals surface area contributed by atoms with Gasteiger partial charge in [0.05, 0.1) is 12.7 Å². The summed E-state index contributed by atoms with van der Waals surface area (Å²) in [5.41, 5.74) is 0. The lowest BCUT2D eigenvalue weighted by Gasteiger charge is -2.25. The predicted octanol–water partition coefficient (Wildman–Crippen LogP) is -0.0913. The molecule has 0 aromatic heterocycles. The minimum atomic E-state index is -0.680. The number of hydrogen-bond donors (Lipinski definition) is 2. The van der Waals surface area contributed by atoms with E-state index in [4.69, 9.17) is 14.9 Å². The lowest BCUT2D eigenvalue weighted by atomic mass is 10.1. The second-order valence-corrected chi connectivity index (χ2v) is 2.65. The molecule has 1 saturated heterocycles. The molecule has 0 spiro atoms. The number of rotatable bonds is 2. The van der Waals surface area contributed by atoms with Crippen molar-refractivity contribution in [3.05, 3.63) is 0 Å². The molecule has 2 N–H and O–H groups in total. The Kier molecular flexibility index (Phi) is 3.12. The van der Waals surface area contributed by atoms with Crippen molar-refractivity contribution >= 4 is 0 Å². The maximum Gasteiger partial charge on any atom is 0.103 e. The first kappa shape index (κ1) is 7.98. The molecular formula is C7H14O3. The van der Waals surface area contributed by atoms with Crippen molar-refractivity contribution in [3.8, 4) is 0 Å². The fraction of sp³-hybridized carbons (Fsp3) is 1.00. The highest BCUT2D eigenvalue weighted by Gasteiger charge is 2.21. The topological polar surface area (TPSA) is 49.7 Å². The second kappa shape index (κ2) is 3.91. The highest BCUT2D eigenvalue weighted by molar-refractivity contribution is 4.70. The maximum atomic E-state index is 9.11. The maximum absolute atomic E-state index is 9.11. The average molecular weight is 146 g/mol. The van der Waals surface area contributed by atoms with Crippen LogP contribution in [0.1, 0.15) is 19.3 Å². The third-order valence-electron chi connectivity index (χ3n) is 1.83. The quantitative estimate of drug-likeness (QED) is 0.572. The first-order chi connectivity index (χ1) is 4.84. The van der Waals surface area contributed by atoms with Crippen LogP contribution in [0.25, 0.3) is 0 Å². The molecule has 1 aliphatic heterocycles. The normalized spacial score (nSPS) is 30.0. The molecule has 0 aromatic carbocycles.